The molecule has 1 amide bonds. The Labute approximate surface area is 202 Å². The molecule has 2 atom stereocenters. The molecule has 182 valence electrons. The minimum atomic E-state index is -0.442. The summed E-state index contributed by atoms with van der Waals surface area (Å²) in [5.74, 6) is -0.603. The number of likely N-dealkylation sites (tertiary alicyclic amines) is 1. The van der Waals surface area contributed by atoms with Crippen molar-refractivity contribution in [2.24, 2.45) is 5.92 Å². The molecule has 0 spiro atoms. The second-order valence-electron chi connectivity index (χ2n) is 11.2. The Hall–Kier alpha value is -3.15. The van der Waals surface area contributed by atoms with Gasteiger partial charge in [0.2, 0.25) is 5.91 Å². The second-order valence-corrected chi connectivity index (χ2v) is 11.2. The van der Waals surface area contributed by atoms with Gasteiger partial charge in [-0.15, -0.1) is 0 Å². The minimum Gasteiger partial charge on any atom is -0.507 e. The van der Waals surface area contributed by atoms with Gasteiger partial charge < -0.3 is 15.3 Å². The molecule has 1 aliphatic heterocycles. The molecule has 0 radical (unpaired) electrons. The number of phenols is 1. The molecule has 1 heterocycles. The third kappa shape index (κ3) is 5.01. The van der Waals surface area contributed by atoms with E-state index < -0.39 is 11.8 Å². The first-order valence-electron chi connectivity index (χ1n) is 11.8. The highest BCUT2D eigenvalue weighted by Gasteiger charge is 2.43. The van der Waals surface area contributed by atoms with E-state index in [4.69, 9.17) is 5.41 Å². The van der Waals surface area contributed by atoms with E-state index in [9.17, 15) is 14.7 Å². The Kier molecular flexibility index (Phi) is 6.92. The maximum Gasteiger partial charge on any atom is 0.225 e. The number of amides is 1. The molecule has 3 rings (SSSR count). The van der Waals surface area contributed by atoms with Crippen LogP contribution in [0.25, 0.3) is 0 Å². The SMILES string of the molecule is CNC(=O)[C@H]1CN(CC(=O)c2cc(C(C)(C)C)c(O)c(C(C)(C)C)c2)C(=N)[C@@H]1c1ccccc1. The van der Waals surface area contributed by atoms with Crippen molar-refractivity contribution in [1.82, 2.24) is 10.2 Å². The quantitative estimate of drug-likeness (QED) is 0.565. The molecular weight excluding hydrogens is 426 g/mol. The highest BCUT2D eigenvalue weighted by atomic mass is 16.3. The summed E-state index contributed by atoms with van der Waals surface area (Å²) in [7, 11) is 1.60. The van der Waals surface area contributed by atoms with Crippen LogP contribution in [0.4, 0.5) is 0 Å². The first kappa shape index (κ1) is 25.5. The number of ketones is 1. The number of hydrogen-bond acceptors (Lipinski definition) is 4. The van der Waals surface area contributed by atoms with Crippen LogP contribution in [0.5, 0.6) is 5.75 Å². The molecule has 6 nitrogen and oxygen atoms in total. The molecule has 2 aromatic carbocycles. The Morgan fingerprint density at radius 3 is 2.03 bits per heavy atom. The zero-order valence-electron chi connectivity index (χ0n) is 21.3. The predicted molar refractivity (Wildman–Crippen MR) is 136 cm³/mol. The molecule has 0 bridgehead atoms. The van der Waals surface area contributed by atoms with Crippen molar-refractivity contribution in [3.05, 3.63) is 64.7 Å². The van der Waals surface area contributed by atoms with Gasteiger partial charge in [-0.05, 0) is 28.5 Å². The summed E-state index contributed by atoms with van der Waals surface area (Å²) in [5, 5.41) is 22.5. The molecule has 0 aromatic heterocycles. The summed E-state index contributed by atoms with van der Waals surface area (Å²) < 4.78 is 0. The van der Waals surface area contributed by atoms with E-state index in [-0.39, 0.29) is 40.7 Å². The van der Waals surface area contributed by atoms with Crippen molar-refractivity contribution in [3.63, 3.8) is 0 Å². The van der Waals surface area contributed by atoms with Gasteiger partial charge in [-0.1, -0.05) is 71.9 Å². The first-order chi connectivity index (χ1) is 15.8. The lowest BCUT2D eigenvalue weighted by Gasteiger charge is -2.28. The average molecular weight is 464 g/mol. The van der Waals surface area contributed by atoms with Crippen LogP contribution in [-0.2, 0) is 15.6 Å². The summed E-state index contributed by atoms with van der Waals surface area (Å²) in [4.78, 5) is 27.8. The second kappa shape index (κ2) is 9.24. The molecule has 0 saturated carbocycles. The Bertz CT molecular complexity index is 1060. The number of nitrogens with one attached hydrogen (secondary N) is 2. The fourth-order valence-corrected chi connectivity index (χ4v) is 4.65. The number of aromatic hydroxyl groups is 1. The van der Waals surface area contributed by atoms with Gasteiger partial charge in [-0.2, -0.15) is 0 Å². The number of amidine groups is 1. The normalized spacial score (nSPS) is 18.8. The molecular formula is C28H37N3O3. The maximum atomic E-state index is 13.5. The van der Waals surface area contributed by atoms with Crippen molar-refractivity contribution in [2.75, 3.05) is 20.1 Å². The Morgan fingerprint density at radius 1 is 1.03 bits per heavy atom. The number of phenolic OH excluding ortho intramolecular Hbond substituents is 1. The minimum absolute atomic E-state index is 0.00754. The van der Waals surface area contributed by atoms with Gasteiger partial charge in [0.1, 0.15) is 11.6 Å². The summed E-state index contributed by atoms with van der Waals surface area (Å²) in [6, 6.07) is 13.1. The van der Waals surface area contributed by atoms with Crippen molar-refractivity contribution in [1.29, 1.82) is 5.41 Å². The number of hydrogen-bond donors (Lipinski definition) is 3. The van der Waals surface area contributed by atoms with Crippen molar-refractivity contribution >= 4 is 17.5 Å². The Balaban J connectivity index is 1.96. The van der Waals surface area contributed by atoms with E-state index in [1.54, 1.807) is 24.1 Å². The zero-order valence-corrected chi connectivity index (χ0v) is 21.3. The molecule has 1 aliphatic rings. The lowest BCUT2D eigenvalue weighted by atomic mass is 9.78. The number of carbonyl (C=O) groups is 2. The molecule has 0 aliphatic carbocycles. The van der Waals surface area contributed by atoms with Crippen LogP contribution in [0.2, 0.25) is 0 Å². The van der Waals surface area contributed by atoms with Crippen LogP contribution in [0.1, 0.15) is 74.5 Å². The first-order valence-corrected chi connectivity index (χ1v) is 11.8. The smallest absolute Gasteiger partial charge is 0.225 e. The van der Waals surface area contributed by atoms with E-state index in [2.05, 4.69) is 5.32 Å². The average Bonchev–Trinajstić information content (AvgIpc) is 3.08. The number of Topliss-reactive ketones (excluding diaryl/α,β-unsaturated/α-hetero) is 1. The molecule has 2 aromatic rings. The number of benzene rings is 2. The van der Waals surface area contributed by atoms with Crippen molar-refractivity contribution < 1.29 is 14.7 Å². The molecule has 1 fully saturated rings. The number of nitrogens with zero attached hydrogens (tertiary/aromatic N) is 1. The van der Waals surface area contributed by atoms with Gasteiger partial charge in [0.05, 0.1) is 18.4 Å². The third-order valence-corrected chi connectivity index (χ3v) is 6.58. The van der Waals surface area contributed by atoms with Gasteiger partial charge in [-0.25, -0.2) is 0 Å². The van der Waals surface area contributed by atoms with E-state index >= 15 is 0 Å². The van der Waals surface area contributed by atoms with Gasteiger partial charge >= 0.3 is 0 Å². The van der Waals surface area contributed by atoms with Gasteiger partial charge in [0, 0.05) is 30.3 Å². The fourth-order valence-electron chi connectivity index (χ4n) is 4.65. The standard InChI is InChI=1S/C28H37N3O3/c1-27(2,3)20-13-18(14-21(24(20)33)28(4,5)6)22(32)16-31-15-19(26(34)30-7)23(25(31)29)17-11-9-8-10-12-17/h8-14,19,23,29,33H,15-16H2,1-7H3,(H,30,34)/t19-,23+/m0/s1. The number of carbonyl (C=O) groups excluding carboxylic acids is 2. The van der Waals surface area contributed by atoms with E-state index in [0.29, 0.717) is 12.1 Å². The van der Waals surface area contributed by atoms with Crippen LogP contribution in [0.15, 0.2) is 42.5 Å². The fraction of sp³-hybridized carbons (Fsp3) is 0.464. The van der Waals surface area contributed by atoms with E-state index in [1.807, 2.05) is 71.9 Å². The molecule has 1 saturated heterocycles. The van der Waals surface area contributed by atoms with Crippen molar-refractivity contribution in [3.8, 4) is 5.75 Å². The zero-order chi connectivity index (χ0) is 25.4. The highest BCUT2D eigenvalue weighted by molar-refractivity contribution is 6.03. The van der Waals surface area contributed by atoms with Crippen LogP contribution < -0.4 is 5.32 Å². The summed E-state index contributed by atoms with van der Waals surface area (Å²) >= 11 is 0. The van der Waals surface area contributed by atoms with Crippen molar-refractivity contribution in [2.45, 2.75) is 58.3 Å². The van der Waals surface area contributed by atoms with Gasteiger partial charge in [0.15, 0.2) is 5.78 Å². The molecule has 34 heavy (non-hydrogen) atoms. The monoisotopic (exact) mass is 463 g/mol. The predicted octanol–water partition coefficient (Wildman–Crippen LogP) is 4.61. The van der Waals surface area contributed by atoms with Crippen LogP contribution in [0, 0.1) is 11.3 Å². The molecule has 6 heteroatoms. The van der Waals surface area contributed by atoms with Crippen LogP contribution in [-0.4, -0.2) is 47.7 Å². The highest BCUT2D eigenvalue weighted by Crippen LogP contribution is 2.40. The van der Waals surface area contributed by atoms with Crippen LogP contribution >= 0.6 is 0 Å². The summed E-state index contributed by atoms with van der Waals surface area (Å²) in [6.07, 6.45) is 0. The van der Waals surface area contributed by atoms with E-state index in [1.165, 1.54) is 0 Å². The Morgan fingerprint density at radius 2 is 1.56 bits per heavy atom. The molecule has 0 unspecified atom stereocenters. The lowest BCUT2D eigenvalue weighted by molar-refractivity contribution is -0.124. The summed E-state index contributed by atoms with van der Waals surface area (Å²) in [5.41, 5.74) is 2.17. The largest absolute Gasteiger partial charge is 0.507 e. The third-order valence-electron chi connectivity index (χ3n) is 6.58. The topological polar surface area (TPSA) is 93.5 Å². The van der Waals surface area contributed by atoms with E-state index in [0.717, 1.165) is 16.7 Å². The molecule has 3 N–H and O–H groups in total. The maximum absolute atomic E-state index is 13.5. The lowest BCUT2D eigenvalue weighted by Crippen LogP contribution is -2.34. The summed E-state index contributed by atoms with van der Waals surface area (Å²) in [6.45, 7) is 12.4. The van der Waals surface area contributed by atoms with Gasteiger partial charge in [0.25, 0.3) is 0 Å². The van der Waals surface area contributed by atoms with Crippen LogP contribution in [0.3, 0.4) is 0 Å². The van der Waals surface area contributed by atoms with Gasteiger partial charge in [-0.3, -0.25) is 15.0 Å². The number of rotatable bonds is 5.